The molecule has 0 aliphatic rings. The van der Waals surface area contributed by atoms with Crippen LogP contribution < -0.4 is 0 Å². The van der Waals surface area contributed by atoms with Gasteiger partial charge in [-0.25, -0.2) is 0 Å². The summed E-state index contributed by atoms with van der Waals surface area (Å²) in [5.74, 6) is -0.150. The summed E-state index contributed by atoms with van der Waals surface area (Å²) in [6.45, 7) is 10.1. The minimum atomic E-state index is -3.77. The second-order valence-corrected chi connectivity index (χ2v) is 12.1. The van der Waals surface area contributed by atoms with Crippen molar-refractivity contribution in [1.82, 2.24) is 0 Å². The lowest BCUT2D eigenvalue weighted by molar-refractivity contribution is -0.145. The molecule has 0 atom stereocenters. The third-order valence-electron chi connectivity index (χ3n) is 6.48. The molecule has 0 saturated heterocycles. The lowest BCUT2D eigenvalue weighted by Gasteiger charge is -2.09. The largest absolute Gasteiger partial charge is 0.463 e. The van der Waals surface area contributed by atoms with Gasteiger partial charge in [0.1, 0.15) is 6.61 Å². The number of ether oxygens (including phenoxy) is 8. The first-order chi connectivity index (χ1) is 22.5. The molecule has 1 aromatic carbocycles. The van der Waals surface area contributed by atoms with Crippen LogP contribution in [0.2, 0.25) is 0 Å². The number of hydrogen-bond donors (Lipinski definition) is 0. The molecule has 46 heavy (non-hydrogen) atoms. The summed E-state index contributed by atoms with van der Waals surface area (Å²) in [5, 5.41) is 0. The van der Waals surface area contributed by atoms with Crippen molar-refractivity contribution in [3.63, 3.8) is 0 Å². The fraction of sp³-hybridized carbons (Fsp3) is 0.788. The molecule has 1 aromatic rings. The van der Waals surface area contributed by atoms with Gasteiger partial charge < -0.3 is 37.9 Å². The number of carbonyl (C=O) groups excluding carboxylic acids is 1. The summed E-state index contributed by atoms with van der Waals surface area (Å²) in [4.78, 5) is 11.8. The SMILES string of the molecule is CCCCCCCCCC(=O)OCCOCCOCCOCCOCCOCCOCCOCCOS(=O)(=O)c1ccc(C)cc1. The van der Waals surface area contributed by atoms with E-state index in [-0.39, 0.29) is 30.7 Å². The molecule has 0 N–H and O–H groups in total. The standard InChI is InChI=1S/C33H58O12S/c1-3-4-5-6-7-8-9-10-33(34)44-29-27-42-25-23-40-21-19-38-17-15-37-16-18-39-20-22-41-24-26-43-28-30-45-46(35,36)32-13-11-31(2)12-14-32/h11-14H,3-10,15-30H2,1-2H3. The zero-order valence-corrected chi connectivity index (χ0v) is 28.9. The first kappa shape index (κ1) is 42.3. The van der Waals surface area contributed by atoms with Gasteiger partial charge >= 0.3 is 5.97 Å². The molecule has 0 aliphatic carbocycles. The molecule has 0 heterocycles. The van der Waals surface area contributed by atoms with Gasteiger partial charge in [0.15, 0.2) is 0 Å². The van der Waals surface area contributed by atoms with Crippen molar-refractivity contribution in [2.75, 3.05) is 106 Å². The second-order valence-electron chi connectivity index (χ2n) is 10.5. The smallest absolute Gasteiger partial charge is 0.305 e. The number of unbranched alkanes of at least 4 members (excludes halogenated alkanes) is 6. The Kier molecular flexibility index (Phi) is 28.2. The van der Waals surface area contributed by atoms with E-state index in [1.165, 1.54) is 44.2 Å². The highest BCUT2D eigenvalue weighted by Gasteiger charge is 2.14. The van der Waals surface area contributed by atoms with Crippen molar-refractivity contribution >= 4 is 16.1 Å². The van der Waals surface area contributed by atoms with Crippen LogP contribution in [-0.2, 0) is 57.0 Å². The van der Waals surface area contributed by atoms with E-state index in [9.17, 15) is 13.2 Å². The van der Waals surface area contributed by atoms with E-state index >= 15 is 0 Å². The molecule has 0 saturated carbocycles. The monoisotopic (exact) mass is 678 g/mol. The Hall–Kier alpha value is -1.68. The Morgan fingerprint density at radius 1 is 0.522 bits per heavy atom. The van der Waals surface area contributed by atoms with Crippen LogP contribution in [0.1, 0.15) is 63.9 Å². The fourth-order valence-electron chi connectivity index (χ4n) is 3.91. The molecule has 1 rings (SSSR count). The van der Waals surface area contributed by atoms with Crippen LogP contribution in [-0.4, -0.2) is 120 Å². The molecule has 0 aromatic heterocycles. The molecule has 268 valence electrons. The maximum atomic E-state index is 12.1. The Labute approximate surface area is 276 Å². The molecular weight excluding hydrogens is 620 g/mol. The molecule has 12 nitrogen and oxygen atoms in total. The Balaban J connectivity index is 1.71. The molecule has 0 amide bonds. The highest BCUT2D eigenvalue weighted by molar-refractivity contribution is 7.86. The Bertz CT molecular complexity index is 927. The number of carbonyl (C=O) groups is 1. The van der Waals surface area contributed by atoms with Gasteiger partial charge in [-0.05, 0) is 25.5 Å². The predicted molar refractivity (Wildman–Crippen MR) is 174 cm³/mol. The first-order valence-corrected chi connectivity index (χ1v) is 18.0. The summed E-state index contributed by atoms with van der Waals surface area (Å²) in [6, 6.07) is 6.48. The molecule has 13 heteroatoms. The highest BCUT2D eigenvalue weighted by atomic mass is 32.2. The van der Waals surface area contributed by atoms with Crippen molar-refractivity contribution in [1.29, 1.82) is 0 Å². The van der Waals surface area contributed by atoms with Gasteiger partial charge in [-0.1, -0.05) is 63.1 Å². The summed E-state index contributed by atoms with van der Waals surface area (Å²) < 4.78 is 72.3. The van der Waals surface area contributed by atoms with Crippen LogP contribution in [0.5, 0.6) is 0 Å². The summed E-state index contributed by atoms with van der Waals surface area (Å²) in [5.41, 5.74) is 0.975. The summed E-state index contributed by atoms with van der Waals surface area (Å²) in [6.07, 6.45) is 8.74. The summed E-state index contributed by atoms with van der Waals surface area (Å²) in [7, 11) is -3.77. The second kappa shape index (κ2) is 30.6. The quantitative estimate of drug-likeness (QED) is 0.0577. The van der Waals surface area contributed by atoms with Gasteiger partial charge in [-0.15, -0.1) is 0 Å². The van der Waals surface area contributed by atoms with Gasteiger partial charge in [-0.2, -0.15) is 8.42 Å². The number of esters is 1. The first-order valence-electron chi connectivity index (χ1n) is 16.6. The van der Waals surface area contributed by atoms with E-state index in [0.717, 1.165) is 18.4 Å². The van der Waals surface area contributed by atoms with Crippen molar-refractivity contribution in [2.45, 2.75) is 70.1 Å². The Morgan fingerprint density at radius 3 is 1.33 bits per heavy atom. The van der Waals surface area contributed by atoms with Gasteiger partial charge in [0.05, 0.1) is 104 Å². The molecule has 0 bridgehead atoms. The average molecular weight is 679 g/mol. The van der Waals surface area contributed by atoms with Crippen molar-refractivity contribution < 1.29 is 55.3 Å². The number of hydrogen-bond acceptors (Lipinski definition) is 12. The van der Waals surface area contributed by atoms with E-state index in [0.29, 0.717) is 92.3 Å². The van der Waals surface area contributed by atoms with E-state index in [1.807, 2.05) is 6.92 Å². The molecule has 0 radical (unpaired) electrons. The molecule has 0 spiro atoms. The van der Waals surface area contributed by atoms with Gasteiger partial charge in [-0.3, -0.25) is 8.98 Å². The van der Waals surface area contributed by atoms with Gasteiger partial charge in [0, 0.05) is 6.42 Å². The van der Waals surface area contributed by atoms with Crippen LogP contribution in [0.3, 0.4) is 0 Å². The fourth-order valence-corrected chi connectivity index (χ4v) is 4.80. The van der Waals surface area contributed by atoms with Crippen molar-refractivity contribution in [2.24, 2.45) is 0 Å². The number of benzene rings is 1. The zero-order valence-electron chi connectivity index (χ0n) is 28.1. The topological polar surface area (TPSA) is 134 Å². The Morgan fingerprint density at radius 2 is 0.891 bits per heavy atom. The minimum Gasteiger partial charge on any atom is -0.463 e. The molecular formula is C33H58O12S. The normalized spacial score (nSPS) is 11.7. The third kappa shape index (κ3) is 26.4. The zero-order chi connectivity index (χ0) is 33.4. The molecule has 0 unspecified atom stereocenters. The lowest BCUT2D eigenvalue weighted by atomic mass is 10.1. The maximum Gasteiger partial charge on any atom is 0.305 e. The number of rotatable bonds is 34. The van der Waals surface area contributed by atoms with Crippen LogP contribution in [0.15, 0.2) is 29.2 Å². The van der Waals surface area contributed by atoms with Crippen LogP contribution in [0, 0.1) is 6.92 Å². The lowest BCUT2D eigenvalue weighted by Crippen LogP contribution is -2.15. The van der Waals surface area contributed by atoms with Gasteiger partial charge in [0.25, 0.3) is 10.1 Å². The van der Waals surface area contributed by atoms with Gasteiger partial charge in [0.2, 0.25) is 0 Å². The van der Waals surface area contributed by atoms with Crippen LogP contribution in [0.4, 0.5) is 0 Å². The van der Waals surface area contributed by atoms with E-state index in [2.05, 4.69) is 6.92 Å². The maximum absolute atomic E-state index is 12.1. The van der Waals surface area contributed by atoms with Crippen molar-refractivity contribution in [3.05, 3.63) is 29.8 Å². The predicted octanol–water partition coefficient (Wildman–Crippen LogP) is 4.50. The third-order valence-corrected chi connectivity index (χ3v) is 7.81. The van der Waals surface area contributed by atoms with E-state index in [4.69, 9.17) is 42.1 Å². The minimum absolute atomic E-state index is 0.0604. The van der Waals surface area contributed by atoms with Crippen molar-refractivity contribution in [3.8, 4) is 0 Å². The molecule has 0 aliphatic heterocycles. The number of aryl methyl sites for hydroxylation is 1. The molecule has 0 fully saturated rings. The van der Waals surface area contributed by atoms with Crippen LogP contribution >= 0.6 is 0 Å². The average Bonchev–Trinajstić information content (AvgIpc) is 3.04. The van der Waals surface area contributed by atoms with E-state index < -0.39 is 10.1 Å². The highest BCUT2D eigenvalue weighted by Crippen LogP contribution is 2.13. The summed E-state index contributed by atoms with van der Waals surface area (Å²) >= 11 is 0. The van der Waals surface area contributed by atoms with E-state index in [1.54, 1.807) is 12.1 Å². The van der Waals surface area contributed by atoms with Crippen LogP contribution in [0.25, 0.3) is 0 Å².